The number of alkyl halides is 1. The molecule has 0 aliphatic rings. The average molecular weight is 484 g/mol. The summed E-state index contributed by atoms with van der Waals surface area (Å²) in [6.45, 7) is 1.67. The van der Waals surface area contributed by atoms with Crippen molar-refractivity contribution in [2.45, 2.75) is 24.4 Å². The zero-order valence-corrected chi connectivity index (χ0v) is 19.8. The molecule has 0 aliphatic carbocycles. The van der Waals surface area contributed by atoms with E-state index in [9.17, 15) is 19.5 Å². The normalized spacial score (nSPS) is 13.0. The Morgan fingerprint density at radius 3 is 1.52 bits per heavy atom. The van der Waals surface area contributed by atoms with Crippen LogP contribution in [0.25, 0.3) is 0 Å². The molecule has 0 saturated heterocycles. The Kier molecular flexibility index (Phi) is 8.01. The quantitative estimate of drug-likeness (QED) is 0.205. The van der Waals surface area contributed by atoms with Crippen molar-refractivity contribution in [3.63, 3.8) is 0 Å². The Morgan fingerprint density at radius 2 is 1.18 bits per heavy atom. The lowest BCUT2D eigenvalue weighted by Gasteiger charge is -2.37. The van der Waals surface area contributed by atoms with Gasteiger partial charge in [-0.1, -0.05) is 66.2 Å². The molecule has 7 heteroatoms. The first-order valence-corrected chi connectivity index (χ1v) is 12.7. The molecule has 0 heterocycles. The van der Waals surface area contributed by atoms with Crippen LogP contribution >= 0.6 is 18.9 Å². The highest BCUT2D eigenvalue weighted by Gasteiger charge is 2.71. The number of halogens is 1. The van der Waals surface area contributed by atoms with Crippen molar-refractivity contribution in [3.05, 3.63) is 91.0 Å². The third-order valence-electron chi connectivity index (χ3n) is 5.37. The molecule has 5 nitrogen and oxygen atoms in total. The van der Waals surface area contributed by atoms with Crippen LogP contribution in [0.2, 0.25) is 0 Å². The van der Waals surface area contributed by atoms with Gasteiger partial charge in [-0.2, -0.15) is 0 Å². The number of aliphatic carboxylic acids is 1. The number of Topliss-reactive ketones (excluding diaryl/α,β-unsaturated/α-hetero) is 1. The Bertz CT molecular complexity index is 1010. The van der Waals surface area contributed by atoms with Crippen LogP contribution in [-0.2, 0) is 19.1 Å². The van der Waals surface area contributed by atoms with Crippen molar-refractivity contribution in [3.8, 4) is 0 Å². The minimum absolute atomic E-state index is 0.0257. The molecule has 3 aromatic rings. The summed E-state index contributed by atoms with van der Waals surface area (Å²) < 4.78 is 3.24. The minimum atomic E-state index is -3.23. The molecule has 0 fully saturated rings. The van der Waals surface area contributed by atoms with Crippen LogP contribution in [0.15, 0.2) is 91.0 Å². The molecule has 0 aromatic heterocycles. The van der Waals surface area contributed by atoms with Crippen molar-refractivity contribution in [1.82, 2.24) is 0 Å². The van der Waals surface area contributed by atoms with Crippen molar-refractivity contribution >= 4 is 52.5 Å². The van der Waals surface area contributed by atoms with E-state index < -0.39 is 42.4 Å². The maximum atomic E-state index is 13.8. The topological polar surface area (TPSA) is 80.7 Å². The zero-order chi connectivity index (χ0) is 23.9. The summed E-state index contributed by atoms with van der Waals surface area (Å²) in [4.78, 5) is 38.7. The van der Waals surface area contributed by atoms with E-state index in [1.807, 2.05) is 91.0 Å². The van der Waals surface area contributed by atoms with Gasteiger partial charge in [0.05, 0.1) is 13.0 Å². The molecular formula is C26H25ClO5P+. The zero-order valence-electron chi connectivity index (χ0n) is 18.2. The highest BCUT2D eigenvalue weighted by molar-refractivity contribution is 7.99. The number of ketones is 1. The van der Waals surface area contributed by atoms with Gasteiger partial charge in [-0.3, -0.25) is 9.59 Å². The maximum absolute atomic E-state index is 13.8. The molecule has 0 spiro atoms. The van der Waals surface area contributed by atoms with Gasteiger partial charge in [0, 0.05) is 6.42 Å². The van der Waals surface area contributed by atoms with Gasteiger partial charge in [0.15, 0.2) is 7.26 Å². The van der Waals surface area contributed by atoms with Gasteiger partial charge in [-0.15, -0.1) is 0 Å². The summed E-state index contributed by atoms with van der Waals surface area (Å²) in [5, 5.41) is 11.4. The number of hydrogen-bond acceptors (Lipinski definition) is 4. The SMILES string of the molecule is CCOC(=O)C(Cl)(C(=O)CCC(=O)O)[P+](c1ccccc1)(c1ccccc1)c1ccccc1. The van der Waals surface area contributed by atoms with Gasteiger partial charge < -0.3 is 9.84 Å². The number of carbonyl (C=O) groups excluding carboxylic acids is 2. The Balaban J connectivity index is 2.46. The van der Waals surface area contributed by atoms with Crippen LogP contribution in [-0.4, -0.2) is 34.1 Å². The Labute approximate surface area is 198 Å². The number of rotatable bonds is 10. The molecule has 1 N–H and O–H groups in total. The van der Waals surface area contributed by atoms with Crippen molar-refractivity contribution in [1.29, 1.82) is 0 Å². The van der Waals surface area contributed by atoms with Gasteiger partial charge in [0.1, 0.15) is 15.9 Å². The first kappa shape index (κ1) is 24.6. The van der Waals surface area contributed by atoms with Gasteiger partial charge in [-0.25, -0.2) is 4.79 Å². The molecule has 33 heavy (non-hydrogen) atoms. The fourth-order valence-electron chi connectivity index (χ4n) is 3.99. The molecule has 1 unspecified atom stereocenters. The molecule has 0 saturated carbocycles. The van der Waals surface area contributed by atoms with E-state index in [0.29, 0.717) is 15.9 Å². The number of benzene rings is 3. The molecule has 0 bridgehead atoms. The van der Waals surface area contributed by atoms with E-state index in [1.165, 1.54) is 0 Å². The standard InChI is InChI=1S/C26H24ClO5P/c1-2-32-25(31)26(27,23(28)18-19-24(29)30)33(20-12-6-3-7-13-20,21-14-8-4-9-15-21)22-16-10-5-11-17-22/h3-17H,2,18-19H2,1H3/p+1. The van der Waals surface area contributed by atoms with Gasteiger partial charge in [-0.05, 0) is 43.3 Å². The number of ether oxygens (including phenoxy) is 1. The summed E-state index contributed by atoms with van der Waals surface area (Å²) in [6, 6.07) is 27.7. The van der Waals surface area contributed by atoms with Gasteiger partial charge >= 0.3 is 16.6 Å². The van der Waals surface area contributed by atoms with Gasteiger partial charge in [0.2, 0.25) is 5.78 Å². The Hall–Kier alpha value is -3.01. The summed E-state index contributed by atoms with van der Waals surface area (Å²) in [5.41, 5.74) is 0. The van der Waals surface area contributed by atoms with Crippen molar-refractivity contribution < 1.29 is 24.2 Å². The number of hydrogen-bond donors (Lipinski definition) is 1. The van der Waals surface area contributed by atoms with Crippen LogP contribution < -0.4 is 15.9 Å². The lowest BCUT2D eigenvalue weighted by Crippen LogP contribution is -2.54. The van der Waals surface area contributed by atoms with Crippen LogP contribution in [0.1, 0.15) is 19.8 Å². The number of esters is 1. The number of carboxylic acid groups (broad SMARTS) is 1. The van der Waals surface area contributed by atoms with Crippen molar-refractivity contribution in [2.75, 3.05) is 6.61 Å². The van der Waals surface area contributed by atoms with Crippen LogP contribution in [0.5, 0.6) is 0 Å². The number of carbonyl (C=O) groups is 3. The largest absolute Gasteiger partial charge is 0.481 e. The van der Waals surface area contributed by atoms with Crippen LogP contribution in [0.3, 0.4) is 0 Å². The smallest absolute Gasteiger partial charge is 0.375 e. The van der Waals surface area contributed by atoms with E-state index in [0.717, 1.165) is 0 Å². The second kappa shape index (κ2) is 10.7. The second-order valence-electron chi connectivity index (χ2n) is 7.34. The average Bonchev–Trinajstić information content (AvgIpc) is 2.85. The van der Waals surface area contributed by atoms with Crippen molar-refractivity contribution in [2.24, 2.45) is 0 Å². The predicted octanol–water partition coefficient (Wildman–Crippen LogP) is 3.91. The predicted molar refractivity (Wildman–Crippen MR) is 132 cm³/mol. The minimum Gasteiger partial charge on any atom is -0.481 e. The molecule has 170 valence electrons. The Morgan fingerprint density at radius 1 is 0.788 bits per heavy atom. The fraction of sp³-hybridized carbons (Fsp3) is 0.192. The molecule has 0 radical (unpaired) electrons. The third kappa shape index (κ3) is 4.57. The summed E-state index contributed by atoms with van der Waals surface area (Å²) in [6.07, 6.45) is -0.836. The fourth-order valence-corrected chi connectivity index (χ4v) is 9.66. The first-order valence-electron chi connectivity index (χ1n) is 10.6. The first-order chi connectivity index (χ1) is 15.9. The second-order valence-corrected chi connectivity index (χ2v) is 11.7. The highest BCUT2D eigenvalue weighted by Crippen LogP contribution is 2.68. The van der Waals surface area contributed by atoms with E-state index in [2.05, 4.69) is 0 Å². The van der Waals surface area contributed by atoms with E-state index in [-0.39, 0.29) is 6.61 Å². The van der Waals surface area contributed by atoms with E-state index >= 15 is 0 Å². The molecule has 3 aromatic carbocycles. The summed E-state index contributed by atoms with van der Waals surface area (Å²) >= 11 is 7.26. The van der Waals surface area contributed by atoms with E-state index in [1.54, 1.807) is 6.92 Å². The molecule has 3 rings (SSSR count). The highest BCUT2D eigenvalue weighted by atomic mass is 35.5. The summed E-state index contributed by atoms with van der Waals surface area (Å²) in [7, 11) is -3.23. The third-order valence-corrected chi connectivity index (χ3v) is 11.1. The van der Waals surface area contributed by atoms with Crippen LogP contribution in [0, 0.1) is 0 Å². The maximum Gasteiger partial charge on any atom is 0.375 e. The number of carboxylic acids is 1. The molecule has 1 atom stereocenters. The molecule has 0 aliphatic heterocycles. The lowest BCUT2D eigenvalue weighted by molar-refractivity contribution is -0.147. The van der Waals surface area contributed by atoms with E-state index in [4.69, 9.17) is 16.3 Å². The molecular weight excluding hydrogens is 459 g/mol. The van der Waals surface area contributed by atoms with Crippen LogP contribution in [0.4, 0.5) is 0 Å². The lowest BCUT2D eigenvalue weighted by atomic mass is 10.1. The monoisotopic (exact) mass is 483 g/mol. The summed E-state index contributed by atoms with van der Waals surface area (Å²) in [5.74, 6) is -2.68. The van der Waals surface area contributed by atoms with Gasteiger partial charge in [0.25, 0.3) is 0 Å². The molecule has 0 amide bonds.